The Kier molecular flexibility index (Phi) is 3.97. The number of rotatable bonds is 4. The van der Waals surface area contributed by atoms with Crippen molar-refractivity contribution in [3.05, 3.63) is 29.6 Å². The molecule has 0 aliphatic carbocycles. The zero-order chi connectivity index (χ0) is 12.3. The van der Waals surface area contributed by atoms with Crippen LogP contribution < -0.4 is 5.73 Å². The first-order chi connectivity index (χ1) is 8.19. The van der Waals surface area contributed by atoms with E-state index in [4.69, 9.17) is 10.5 Å². The van der Waals surface area contributed by atoms with Gasteiger partial charge in [0, 0.05) is 25.9 Å². The predicted octanol–water partition coefficient (Wildman–Crippen LogP) is 1.88. The number of nitrogens with zero attached hydrogens (tertiary/aromatic N) is 1. The minimum absolute atomic E-state index is 0.273. The summed E-state index contributed by atoms with van der Waals surface area (Å²) in [4.78, 5) is 2.34. The Morgan fingerprint density at radius 3 is 3.06 bits per heavy atom. The summed E-state index contributed by atoms with van der Waals surface area (Å²) in [5, 5.41) is 0. The molecule has 2 rings (SSSR count). The molecule has 1 aromatic carbocycles. The topological polar surface area (TPSA) is 38.5 Å². The van der Waals surface area contributed by atoms with Crippen molar-refractivity contribution in [2.75, 3.05) is 32.5 Å². The van der Waals surface area contributed by atoms with Gasteiger partial charge in [-0.3, -0.25) is 4.90 Å². The lowest BCUT2D eigenvalue weighted by Gasteiger charge is -2.17. The average molecular weight is 238 g/mol. The third-order valence-electron chi connectivity index (χ3n) is 3.27. The number of halogens is 1. The zero-order valence-corrected chi connectivity index (χ0v) is 10.2. The number of anilines is 1. The van der Waals surface area contributed by atoms with Gasteiger partial charge in [-0.25, -0.2) is 4.39 Å². The van der Waals surface area contributed by atoms with E-state index in [1.54, 1.807) is 13.2 Å². The van der Waals surface area contributed by atoms with Gasteiger partial charge in [-0.1, -0.05) is 6.07 Å². The molecule has 3 nitrogen and oxygen atoms in total. The van der Waals surface area contributed by atoms with Crippen LogP contribution in [0.15, 0.2) is 18.2 Å². The Balaban J connectivity index is 1.93. The molecule has 0 aromatic heterocycles. The smallest absolute Gasteiger partial charge is 0.125 e. The van der Waals surface area contributed by atoms with Crippen molar-refractivity contribution in [1.29, 1.82) is 0 Å². The quantitative estimate of drug-likeness (QED) is 0.814. The number of methoxy groups -OCH3 is 1. The molecule has 0 spiro atoms. The number of nitrogen functional groups attached to an aromatic ring is 1. The Bertz CT molecular complexity index is 384. The van der Waals surface area contributed by atoms with Crippen LogP contribution in [0.5, 0.6) is 0 Å². The molecule has 1 heterocycles. The van der Waals surface area contributed by atoms with Crippen molar-refractivity contribution in [2.45, 2.75) is 13.0 Å². The monoisotopic (exact) mass is 238 g/mol. The summed E-state index contributed by atoms with van der Waals surface area (Å²) in [5.74, 6) is 0.339. The van der Waals surface area contributed by atoms with Crippen LogP contribution in [-0.2, 0) is 11.3 Å². The molecule has 2 N–H and O–H groups in total. The van der Waals surface area contributed by atoms with E-state index in [1.165, 1.54) is 12.1 Å². The molecule has 1 aromatic rings. The molecule has 1 aliphatic rings. The third-order valence-corrected chi connectivity index (χ3v) is 3.27. The molecule has 0 radical (unpaired) electrons. The number of hydrogen-bond acceptors (Lipinski definition) is 3. The molecule has 0 saturated carbocycles. The second-order valence-electron chi connectivity index (χ2n) is 4.69. The number of hydrogen-bond donors (Lipinski definition) is 1. The molecular weight excluding hydrogens is 219 g/mol. The predicted molar refractivity (Wildman–Crippen MR) is 66.1 cm³/mol. The molecule has 0 bridgehead atoms. The van der Waals surface area contributed by atoms with Gasteiger partial charge in [0.25, 0.3) is 0 Å². The summed E-state index contributed by atoms with van der Waals surface area (Å²) in [6.07, 6.45) is 1.16. The highest BCUT2D eigenvalue weighted by Crippen LogP contribution is 2.21. The molecule has 1 fully saturated rings. The highest BCUT2D eigenvalue weighted by Gasteiger charge is 2.22. The molecule has 0 amide bonds. The van der Waals surface area contributed by atoms with E-state index >= 15 is 0 Å². The summed E-state index contributed by atoms with van der Waals surface area (Å²) in [5.41, 5.74) is 7.35. The van der Waals surface area contributed by atoms with Gasteiger partial charge in [0.05, 0.1) is 6.61 Å². The lowest BCUT2D eigenvalue weighted by atomic mass is 10.1. The molecular formula is C13H19FN2O. The van der Waals surface area contributed by atoms with E-state index in [1.807, 2.05) is 0 Å². The van der Waals surface area contributed by atoms with Gasteiger partial charge < -0.3 is 10.5 Å². The minimum Gasteiger partial charge on any atom is -0.398 e. The lowest BCUT2D eigenvalue weighted by molar-refractivity contribution is 0.152. The summed E-state index contributed by atoms with van der Waals surface area (Å²) in [6.45, 7) is 3.71. The zero-order valence-electron chi connectivity index (χ0n) is 10.2. The van der Waals surface area contributed by atoms with Gasteiger partial charge in [-0.15, -0.1) is 0 Å². The Labute approximate surface area is 101 Å². The first kappa shape index (κ1) is 12.3. The van der Waals surface area contributed by atoms with Crippen LogP contribution in [0.1, 0.15) is 12.0 Å². The second-order valence-corrected chi connectivity index (χ2v) is 4.69. The van der Waals surface area contributed by atoms with E-state index in [-0.39, 0.29) is 5.82 Å². The van der Waals surface area contributed by atoms with Gasteiger partial charge >= 0.3 is 0 Å². The van der Waals surface area contributed by atoms with Crippen molar-refractivity contribution in [3.8, 4) is 0 Å². The van der Waals surface area contributed by atoms with Crippen LogP contribution in [-0.4, -0.2) is 31.7 Å². The standard InChI is InChI=1S/C13H19FN2O/c1-17-9-10-4-5-16(7-10)8-11-2-3-12(14)6-13(11)15/h2-3,6,10H,4-5,7-9,15H2,1H3. The van der Waals surface area contributed by atoms with Gasteiger partial charge in [0.2, 0.25) is 0 Å². The van der Waals surface area contributed by atoms with Gasteiger partial charge in [0.1, 0.15) is 5.82 Å². The summed E-state index contributed by atoms with van der Waals surface area (Å²) in [7, 11) is 1.74. The molecule has 4 heteroatoms. The normalized spacial score (nSPS) is 20.9. The average Bonchev–Trinajstić information content (AvgIpc) is 2.71. The highest BCUT2D eigenvalue weighted by molar-refractivity contribution is 5.46. The van der Waals surface area contributed by atoms with Crippen molar-refractivity contribution in [2.24, 2.45) is 5.92 Å². The van der Waals surface area contributed by atoms with Crippen molar-refractivity contribution >= 4 is 5.69 Å². The molecule has 1 aliphatic heterocycles. The number of benzene rings is 1. The molecule has 1 atom stereocenters. The molecule has 94 valence electrons. The Hall–Kier alpha value is -1.13. The molecule has 1 saturated heterocycles. The summed E-state index contributed by atoms with van der Waals surface area (Å²) in [6, 6.07) is 4.63. The number of nitrogens with two attached hydrogens (primary N) is 1. The highest BCUT2D eigenvalue weighted by atomic mass is 19.1. The fraction of sp³-hybridized carbons (Fsp3) is 0.538. The summed E-state index contributed by atoms with van der Waals surface area (Å²) < 4.78 is 18.1. The van der Waals surface area contributed by atoms with E-state index in [2.05, 4.69) is 4.90 Å². The van der Waals surface area contributed by atoms with E-state index < -0.39 is 0 Å². The first-order valence-corrected chi connectivity index (χ1v) is 5.94. The molecule has 1 unspecified atom stereocenters. The van der Waals surface area contributed by atoms with Gasteiger partial charge in [-0.05, 0) is 36.6 Å². The third kappa shape index (κ3) is 3.17. The van der Waals surface area contributed by atoms with E-state index in [9.17, 15) is 4.39 Å². The van der Waals surface area contributed by atoms with E-state index in [0.29, 0.717) is 11.6 Å². The largest absolute Gasteiger partial charge is 0.398 e. The Morgan fingerprint density at radius 1 is 1.53 bits per heavy atom. The lowest BCUT2D eigenvalue weighted by Crippen LogP contribution is -2.21. The molecule has 17 heavy (non-hydrogen) atoms. The van der Waals surface area contributed by atoms with Gasteiger partial charge in [-0.2, -0.15) is 0 Å². The van der Waals surface area contributed by atoms with E-state index in [0.717, 1.165) is 38.2 Å². The second kappa shape index (κ2) is 5.47. The fourth-order valence-corrected chi connectivity index (χ4v) is 2.38. The number of likely N-dealkylation sites (tertiary alicyclic amines) is 1. The van der Waals surface area contributed by atoms with Crippen molar-refractivity contribution in [1.82, 2.24) is 4.90 Å². The van der Waals surface area contributed by atoms with Crippen LogP contribution in [0.3, 0.4) is 0 Å². The maximum atomic E-state index is 12.9. The van der Waals surface area contributed by atoms with Crippen LogP contribution >= 0.6 is 0 Å². The summed E-state index contributed by atoms with van der Waals surface area (Å²) >= 11 is 0. The van der Waals surface area contributed by atoms with Crippen molar-refractivity contribution < 1.29 is 9.13 Å². The fourth-order valence-electron chi connectivity index (χ4n) is 2.38. The Morgan fingerprint density at radius 2 is 2.35 bits per heavy atom. The van der Waals surface area contributed by atoms with Crippen LogP contribution in [0.4, 0.5) is 10.1 Å². The first-order valence-electron chi connectivity index (χ1n) is 5.94. The van der Waals surface area contributed by atoms with Gasteiger partial charge in [0.15, 0.2) is 0 Å². The van der Waals surface area contributed by atoms with Crippen LogP contribution in [0.2, 0.25) is 0 Å². The van der Waals surface area contributed by atoms with Crippen LogP contribution in [0.25, 0.3) is 0 Å². The van der Waals surface area contributed by atoms with Crippen LogP contribution in [0, 0.1) is 11.7 Å². The van der Waals surface area contributed by atoms with Crippen molar-refractivity contribution in [3.63, 3.8) is 0 Å². The maximum absolute atomic E-state index is 12.9. The SMILES string of the molecule is COCC1CCN(Cc2ccc(F)cc2N)C1. The maximum Gasteiger partial charge on any atom is 0.125 e. The number of ether oxygens (including phenoxy) is 1. The minimum atomic E-state index is -0.273.